The van der Waals surface area contributed by atoms with Gasteiger partial charge in [-0.25, -0.2) is 0 Å². The molecule has 0 aromatic rings. The number of hydrogen-bond donors (Lipinski definition) is 5. The molecule has 1 fully saturated rings. The number of hydrogen-bond acceptors (Lipinski definition) is 9. The number of rotatable bonds is 2. The lowest BCUT2D eigenvalue weighted by molar-refractivity contribution is -0.0688. The molecule has 4 atom stereocenters. The molecule has 3 rings (SSSR count). The van der Waals surface area contributed by atoms with Crippen molar-refractivity contribution < 1.29 is 20.1 Å². The van der Waals surface area contributed by atoms with E-state index in [0.717, 1.165) is 0 Å². The van der Waals surface area contributed by atoms with E-state index in [1.807, 2.05) is 0 Å². The van der Waals surface area contributed by atoms with Gasteiger partial charge in [0.15, 0.2) is 17.9 Å². The SMILES string of the molecule is NN=C1N=C(N)C2=NCN([C@@H]3O[C@H](CO)[C@@H](O)[C@H]3O)C2=N1. The lowest BCUT2D eigenvalue weighted by Crippen LogP contribution is -2.49. The van der Waals surface area contributed by atoms with Crippen LogP contribution in [0.4, 0.5) is 0 Å². The first kappa shape index (κ1) is 13.9. The molecule has 0 aromatic heterocycles. The van der Waals surface area contributed by atoms with Crippen molar-refractivity contribution in [1.82, 2.24) is 4.90 Å². The molecule has 114 valence electrons. The highest BCUT2D eigenvalue weighted by Crippen LogP contribution is 2.26. The van der Waals surface area contributed by atoms with Gasteiger partial charge in [0, 0.05) is 0 Å². The summed E-state index contributed by atoms with van der Waals surface area (Å²) in [5.74, 6) is 5.54. The molecule has 0 aromatic carbocycles. The molecule has 0 unspecified atom stereocenters. The molecule has 0 aliphatic carbocycles. The second kappa shape index (κ2) is 5.04. The topological polar surface area (TPSA) is 175 Å². The van der Waals surface area contributed by atoms with E-state index < -0.39 is 31.1 Å². The molecule has 11 nitrogen and oxygen atoms in total. The zero-order chi connectivity index (χ0) is 15.1. The molecule has 0 amide bonds. The highest BCUT2D eigenvalue weighted by molar-refractivity contribution is 6.70. The van der Waals surface area contributed by atoms with E-state index in [1.165, 1.54) is 4.90 Å². The van der Waals surface area contributed by atoms with Crippen LogP contribution >= 0.6 is 0 Å². The molecule has 0 spiro atoms. The highest BCUT2D eigenvalue weighted by atomic mass is 16.6. The number of fused-ring (bicyclic) bond motifs is 1. The Hall–Kier alpha value is -2.08. The van der Waals surface area contributed by atoms with E-state index in [-0.39, 0.29) is 18.5 Å². The van der Waals surface area contributed by atoms with E-state index in [1.54, 1.807) is 0 Å². The summed E-state index contributed by atoms with van der Waals surface area (Å²) in [5, 5.41) is 32.3. The quantitative estimate of drug-likeness (QED) is 0.256. The van der Waals surface area contributed by atoms with Gasteiger partial charge in [0.05, 0.1) is 6.61 Å². The average molecular weight is 297 g/mol. The Morgan fingerprint density at radius 3 is 2.71 bits per heavy atom. The summed E-state index contributed by atoms with van der Waals surface area (Å²) in [5.41, 5.74) is 6.09. The summed E-state index contributed by atoms with van der Waals surface area (Å²) in [6.07, 6.45) is -4.23. The smallest absolute Gasteiger partial charge is 0.270 e. The van der Waals surface area contributed by atoms with Crippen LogP contribution in [0.25, 0.3) is 0 Å². The third kappa shape index (κ3) is 2.06. The molecule has 7 N–H and O–H groups in total. The number of ether oxygens (including phenoxy) is 1. The van der Waals surface area contributed by atoms with Crippen LogP contribution < -0.4 is 11.6 Å². The Balaban J connectivity index is 1.88. The second-order valence-electron chi connectivity index (χ2n) is 4.71. The van der Waals surface area contributed by atoms with E-state index in [9.17, 15) is 10.2 Å². The van der Waals surface area contributed by atoms with Crippen molar-refractivity contribution in [3.8, 4) is 0 Å². The Bertz CT molecular complexity index is 572. The molecule has 3 aliphatic heterocycles. The van der Waals surface area contributed by atoms with Gasteiger partial charge in [-0.15, -0.1) is 5.10 Å². The molecule has 0 bridgehead atoms. The standard InChI is InChI=1S/C10H15N7O4/c11-7-4-8(15-10(14-7)16-12)17(2-13-4)9-6(20)5(19)3(1-18)21-9/h3,5-6,9,18-20H,1-2,12H2,(H2,11,14,16)/t3-,5-,6-,9-/m1/s1. The zero-order valence-corrected chi connectivity index (χ0v) is 10.9. The van der Waals surface area contributed by atoms with Gasteiger partial charge in [-0.1, -0.05) is 0 Å². The largest absolute Gasteiger partial charge is 0.394 e. The first-order valence-electron chi connectivity index (χ1n) is 6.22. The Morgan fingerprint density at radius 2 is 2.10 bits per heavy atom. The zero-order valence-electron chi connectivity index (χ0n) is 10.9. The molecule has 11 heteroatoms. The van der Waals surface area contributed by atoms with Crippen molar-refractivity contribution in [1.29, 1.82) is 0 Å². The number of aliphatic hydroxyl groups excluding tert-OH is 3. The maximum absolute atomic E-state index is 10.0. The van der Waals surface area contributed by atoms with Gasteiger partial charge in [-0.2, -0.15) is 9.98 Å². The minimum Gasteiger partial charge on any atom is -0.394 e. The number of hydrazone groups is 1. The van der Waals surface area contributed by atoms with Crippen LogP contribution in [-0.4, -0.2) is 81.4 Å². The summed E-state index contributed by atoms with van der Waals surface area (Å²) in [4.78, 5) is 13.6. The maximum Gasteiger partial charge on any atom is 0.270 e. The molecule has 0 saturated carbocycles. The first-order valence-corrected chi connectivity index (χ1v) is 6.22. The highest BCUT2D eigenvalue weighted by Gasteiger charge is 2.48. The second-order valence-corrected chi connectivity index (χ2v) is 4.71. The van der Waals surface area contributed by atoms with Gasteiger partial charge in [-0.05, 0) is 0 Å². The molecule has 21 heavy (non-hydrogen) atoms. The summed E-state index contributed by atoms with van der Waals surface area (Å²) < 4.78 is 5.44. The molecular formula is C10H15N7O4. The van der Waals surface area contributed by atoms with Crippen molar-refractivity contribution in [2.45, 2.75) is 24.5 Å². The molecule has 3 heterocycles. The first-order chi connectivity index (χ1) is 10.1. The Kier molecular flexibility index (Phi) is 3.33. The summed E-state index contributed by atoms with van der Waals surface area (Å²) >= 11 is 0. The predicted molar refractivity (Wildman–Crippen MR) is 72.6 cm³/mol. The third-order valence-electron chi connectivity index (χ3n) is 3.47. The fraction of sp³-hybridized carbons (Fsp3) is 0.600. The molecule has 0 radical (unpaired) electrons. The number of nitrogens with two attached hydrogens (primary N) is 2. The van der Waals surface area contributed by atoms with Crippen molar-refractivity contribution in [3.05, 3.63) is 0 Å². The summed E-state index contributed by atoms with van der Waals surface area (Å²) in [6, 6.07) is 0. The fourth-order valence-electron chi connectivity index (χ4n) is 2.41. The Morgan fingerprint density at radius 1 is 1.33 bits per heavy atom. The van der Waals surface area contributed by atoms with E-state index in [2.05, 4.69) is 20.1 Å². The number of aliphatic imine (C=N–C) groups is 3. The molecule has 3 aliphatic rings. The number of amidine groups is 2. The van der Waals surface area contributed by atoms with E-state index >= 15 is 0 Å². The predicted octanol–water partition coefficient (Wildman–Crippen LogP) is -3.86. The normalized spacial score (nSPS) is 37.4. The van der Waals surface area contributed by atoms with Gasteiger partial charge in [-0.3, -0.25) is 4.99 Å². The lowest BCUT2D eigenvalue weighted by atomic mass is 10.1. The van der Waals surface area contributed by atoms with Gasteiger partial charge in [0.2, 0.25) is 0 Å². The van der Waals surface area contributed by atoms with Crippen molar-refractivity contribution in [3.63, 3.8) is 0 Å². The number of aliphatic hydroxyl groups is 3. The maximum atomic E-state index is 10.0. The number of guanidine groups is 1. The molecular weight excluding hydrogens is 282 g/mol. The van der Waals surface area contributed by atoms with Crippen molar-refractivity contribution >= 4 is 23.3 Å². The van der Waals surface area contributed by atoms with Crippen molar-refractivity contribution in [2.24, 2.45) is 31.7 Å². The van der Waals surface area contributed by atoms with Gasteiger partial charge in [0.25, 0.3) is 5.96 Å². The summed E-state index contributed by atoms with van der Waals surface area (Å²) in [6.45, 7) is -0.295. The van der Waals surface area contributed by atoms with E-state index in [4.69, 9.17) is 21.4 Å². The van der Waals surface area contributed by atoms with Crippen LogP contribution in [0.2, 0.25) is 0 Å². The van der Waals surface area contributed by atoms with Crippen LogP contribution in [0.3, 0.4) is 0 Å². The van der Waals surface area contributed by atoms with Crippen LogP contribution in [0.15, 0.2) is 20.1 Å². The number of nitrogens with zero attached hydrogens (tertiary/aromatic N) is 5. The summed E-state index contributed by atoms with van der Waals surface area (Å²) in [7, 11) is 0. The van der Waals surface area contributed by atoms with E-state index in [0.29, 0.717) is 11.5 Å². The Labute approximate surface area is 118 Å². The van der Waals surface area contributed by atoms with Crippen LogP contribution in [0.5, 0.6) is 0 Å². The average Bonchev–Trinajstić information content (AvgIpc) is 3.02. The van der Waals surface area contributed by atoms with Crippen LogP contribution in [0, 0.1) is 0 Å². The lowest BCUT2D eigenvalue weighted by Gasteiger charge is -2.28. The fourth-order valence-corrected chi connectivity index (χ4v) is 2.41. The van der Waals surface area contributed by atoms with Gasteiger partial charge >= 0.3 is 0 Å². The third-order valence-corrected chi connectivity index (χ3v) is 3.47. The monoisotopic (exact) mass is 297 g/mol. The van der Waals surface area contributed by atoms with Gasteiger partial charge < -0.3 is 36.5 Å². The van der Waals surface area contributed by atoms with Crippen LogP contribution in [-0.2, 0) is 4.74 Å². The van der Waals surface area contributed by atoms with Gasteiger partial charge in [0.1, 0.15) is 30.7 Å². The van der Waals surface area contributed by atoms with Crippen LogP contribution in [0.1, 0.15) is 0 Å². The minimum atomic E-state index is -1.22. The van der Waals surface area contributed by atoms with Crippen molar-refractivity contribution in [2.75, 3.05) is 13.3 Å². The minimum absolute atomic E-state index is 0.0277. The molecule has 1 saturated heterocycles.